The van der Waals surface area contributed by atoms with E-state index in [1.54, 1.807) is 25.3 Å². The first-order valence-electron chi connectivity index (χ1n) is 6.68. The predicted octanol–water partition coefficient (Wildman–Crippen LogP) is 2.08. The summed E-state index contributed by atoms with van der Waals surface area (Å²) in [5.41, 5.74) is 7.07. The Morgan fingerprint density at radius 1 is 1.60 bits per heavy atom. The number of methoxy groups -OCH3 is 1. The molecule has 1 atom stereocenters. The second kappa shape index (κ2) is 7.06. The van der Waals surface area contributed by atoms with Crippen molar-refractivity contribution in [1.82, 2.24) is 4.90 Å². The fourth-order valence-corrected chi connectivity index (χ4v) is 2.87. The molecule has 6 heteroatoms. The Kier molecular flexibility index (Phi) is 5.39. The van der Waals surface area contributed by atoms with Crippen LogP contribution in [0.4, 0.5) is 11.4 Å². The zero-order chi connectivity index (χ0) is 14.5. The lowest BCUT2D eigenvalue weighted by atomic mass is 10.1. The van der Waals surface area contributed by atoms with Crippen LogP contribution in [0, 0.1) is 0 Å². The van der Waals surface area contributed by atoms with Crippen LogP contribution in [-0.4, -0.2) is 43.7 Å². The number of amides is 1. The van der Waals surface area contributed by atoms with Crippen molar-refractivity contribution in [1.29, 1.82) is 0 Å². The summed E-state index contributed by atoms with van der Waals surface area (Å²) in [4.78, 5) is 14.2. The van der Waals surface area contributed by atoms with Crippen molar-refractivity contribution >= 4 is 33.2 Å². The lowest BCUT2D eigenvalue weighted by Crippen LogP contribution is -2.43. The number of halogens is 1. The van der Waals surface area contributed by atoms with Crippen LogP contribution in [0.5, 0.6) is 0 Å². The number of nitrogens with one attached hydrogen (secondary N) is 1. The maximum atomic E-state index is 12.1. The van der Waals surface area contributed by atoms with Gasteiger partial charge < -0.3 is 15.8 Å². The van der Waals surface area contributed by atoms with E-state index in [9.17, 15) is 4.79 Å². The number of ether oxygens (including phenoxy) is 1. The molecule has 3 N–H and O–H groups in total. The minimum atomic E-state index is -0.0211. The number of nitrogen functional groups attached to an aromatic ring is 1. The summed E-state index contributed by atoms with van der Waals surface area (Å²) < 4.78 is 6.15. The highest BCUT2D eigenvalue weighted by molar-refractivity contribution is 9.10. The number of piperidine rings is 1. The number of likely N-dealkylation sites (tertiary alicyclic amines) is 1. The summed E-state index contributed by atoms with van der Waals surface area (Å²) in [5, 5.41) is 2.89. The zero-order valence-corrected chi connectivity index (χ0v) is 13.1. The molecule has 1 heterocycles. The second-order valence-corrected chi connectivity index (χ2v) is 5.88. The Hall–Kier alpha value is -1.11. The number of rotatable bonds is 4. The van der Waals surface area contributed by atoms with E-state index in [4.69, 9.17) is 10.5 Å². The Balaban J connectivity index is 1.88. The largest absolute Gasteiger partial charge is 0.399 e. The van der Waals surface area contributed by atoms with Gasteiger partial charge in [0.1, 0.15) is 0 Å². The Labute approximate surface area is 127 Å². The molecule has 5 nitrogen and oxygen atoms in total. The molecule has 1 aromatic carbocycles. The predicted molar refractivity (Wildman–Crippen MR) is 83.7 cm³/mol. The maximum absolute atomic E-state index is 12.1. The molecule has 1 unspecified atom stereocenters. The van der Waals surface area contributed by atoms with Crippen molar-refractivity contribution in [2.24, 2.45) is 0 Å². The molecule has 20 heavy (non-hydrogen) atoms. The van der Waals surface area contributed by atoms with Crippen molar-refractivity contribution in [2.75, 3.05) is 37.8 Å². The van der Waals surface area contributed by atoms with Gasteiger partial charge in [0.2, 0.25) is 5.91 Å². The Bertz CT molecular complexity index is 481. The fraction of sp³-hybridized carbons (Fsp3) is 0.500. The summed E-state index contributed by atoms with van der Waals surface area (Å²) in [6.07, 6.45) is 2.37. The topological polar surface area (TPSA) is 67.6 Å². The van der Waals surface area contributed by atoms with Gasteiger partial charge in [-0.2, -0.15) is 0 Å². The first-order valence-corrected chi connectivity index (χ1v) is 7.48. The smallest absolute Gasteiger partial charge is 0.238 e. The van der Waals surface area contributed by atoms with Gasteiger partial charge in [0.15, 0.2) is 0 Å². The maximum Gasteiger partial charge on any atom is 0.238 e. The van der Waals surface area contributed by atoms with Crippen LogP contribution in [0.15, 0.2) is 22.7 Å². The third kappa shape index (κ3) is 4.19. The van der Waals surface area contributed by atoms with Gasteiger partial charge in [-0.25, -0.2) is 0 Å². The van der Waals surface area contributed by atoms with Gasteiger partial charge in [-0.15, -0.1) is 0 Å². The molecule has 1 aliphatic heterocycles. The van der Waals surface area contributed by atoms with E-state index in [1.165, 1.54) is 0 Å². The van der Waals surface area contributed by atoms with Crippen molar-refractivity contribution < 1.29 is 9.53 Å². The van der Waals surface area contributed by atoms with E-state index in [1.807, 2.05) is 0 Å². The van der Waals surface area contributed by atoms with Gasteiger partial charge in [0.25, 0.3) is 0 Å². The summed E-state index contributed by atoms with van der Waals surface area (Å²) in [6, 6.07) is 5.34. The average molecular weight is 342 g/mol. The number of nitrogens with two attached hydrogens (primary N) is 1. The number of carbonyl (C=O) groups is 1. The molecule has 1 saturated heterocycles. The highest BCUT2D eigenvalue weighted by atomic mass is 79.9. The number of hydrogen-bond acceptors (Lipinski definition) is 4. The third-order valence-corrected chi connectivity index (χ3v) is 4.09. The minimum absolute atomic E-state index is 0.0211. The molecule has 2 rings (SSSR count). The summed E-state index contributed by atoms with van der Waals surface area (Å²) >= 11 is 3.39. The number of carbonyl (C=O) groups excluding carboxylic acids is 1. The normalized spacial score (nSPS) is 19.8. The highest BCUT2D eigenvalue weighted by Gasteiger charge is 2.21. The van der Waals surface area contributed by atoms with E-state index >= 15 is 0 Å². The molecule has 0 bridgehead atoms. The standard InChI is InChI=1S/C14H20BrN3O2/c1-20-11-3-2-6-18(8-11)9-14(19)17-13-5-4-10(16)7-12(13)15/h4-5,7,11H,2-3,6,8-9,16H2,1H3,(H,17,19). The van der Waals surface area contributed by atoms with Gasteiger partial charge in [-0.1, -0.05) is 0 Å². The monoisotopic (exact) mass is 341 g/mol. The molecule has 1 aliphatic rings. The number of anilines is 2. The zero-order valence-electron chi connectivity index (χ0n) is 11.6. The van der Waals surface area contributed by atoms with Gasteiger partial charge in [-0.05, 0) is 53.5 Å². The van der Waals surface area contributed by atoms with Crippen LogP contribution in [0.3, 0.4) is 0 Å². The number of hydrogen-bond donors (Lipinski definition) is 2. The van der Waals surface area contributed by atoms with E-state index in [0.717, 1.165) is 36.1 Å². The van der Waals surface area contributed by atoms with E-state index in [-0.39, 0.29) is 12.0 Å². The van der Waals surface area contributed by atoms with E-state index in [0.29, 0.717) is 12.2 Å². The summed E-state index contributed by atoms with van der Waals surface area (Å²) in [6.45, 7) is 2.14. The number of benzene rings is 1. The molecule has 0 aliphatic carbocycles. The molecule has 1 fully saturated rings. The molecule has 0 saturated carbocycles. The highest BCUT2D eigenvalue weighted by Crippen LogP contribution is 2.24. The van der Waals surface area contributed by atoms with Crippen LogP contribution in [0.2, 0.25) is 0 Å². The van der Waals surface area contributed by atoms with Gasteiger partial charge in [0.05, 0.1) is 18.3 Å². The first kappa shape index (κ1) is 15.3. The molecule has 0 spiro atoms. The first-order chi connectivity index (χ1) is 9.58. The van der Waals surface area contributed by atoms with Crippen molar-refractivity contribution in [3.8, 4) is 0 Å². The average Bonchev–Trinajstić information content (AvgIpc) is 2.42. The van der Waals surface area contributed by atoms with E-state index in [2.05, 4.69) is 26.1 Å². The molecule has 0 radical (unpaired) electrons. The van der Waals surface area contributed by atoms with Gasteiger partial charge >= 0.3 is 0 Å². The fourth-order valence-electron chi connectivity index (χ4n) is 2.37. The van der Waals surface area contributed by atoms with Crippen LogP contribution < -0.4 is 11.1 Å². The second-order valence-electron chi connectivity index (χ2n) is 5.02. The summed E-state index contributed by atoms with van der Waals surface area (Å²) in [5.74, 6) is -0.0211. The van der Waals surface area contributed by atoms with Crippen LogP contribution in [0.25, 0.3) is 0 Å². The van der Waals surface area contributed by atoms with Crippen LogP contribution in [0.1, 0.15) is 12.8 Å². The Morgan fingerprint density at radius 3 is 3.10 bits per heavy atom. The third-order valence-electron chi connectivity index (χ3n) is 3.43. The quantitative estimate of drug-likeness (QED) is 0.822. The molecule has 1 aromatic rings. The molecule has 0 aromatic heterocycles. The molecule has 1 amide bonds. The van der Waals surface area contributed by atoms with Crippen LogP contribution >= 0.6 is 15.9 Å². The minimum Gasteiger partial charge on any atom is -0.399 e. The molecular formula is C14H20BrN3O2. The van der Waals surface area contributed by atoms with Gasteiger partial charge in [-0.3, -0.25) is 9.69 Å². The van der Waals surface area contributed by atoms with Gasteiger partial charge in [0, 0.05) is 23.8 Å². The molecule has 110 valence electrons. The van der Waals surface area contributed by atoms with Crippen LogP contribution in [-0.2, 0) is 9.53 Å². The van der Waals surface area contributed by atoms with E-state index < -0.39 is 0 Å². The van der Waals surface area contributed by atoms with Crippen molar-refractivity contribution in [2.45, 2.75) is 18.9 Å². The van der Waals surface area contributed by atoms with Crippen molar-refractivity contribution in [3.05, 3.63) is 22.7 Å². The lowest BCUT2D eigenvalue weighted by Gasteiger charge is -2.31. The SMILES string of the molecule is COC1CCCN(CC(=O)Nc2ccc(N)cc2Br)C1. The molecular weight excluding hydrogens is 322 g/mol. The van der Waals surface area contributed by atoms with Crippen molar-refractivity contribution in [3.63, 3.8) is 0 Å². The lowest BCUT2D eigenvalue weighted by molar-refractivity contribution is -0.118. The Morgan fingerprint density at radius 2 is 2.40 bits per heavy atom. The number of nitrogens with zero attached hydrogens (tertiary/aromatic N) is 1. The summed E-state index contributed by atoms with van der Waals surface area (Å²) in [7, 11) is 1.72.